The molecule has 0 spiro atoms. The zero-order valence-electron chi connectivity index (χ0n) is 13.8. The van der Waals surface area contributed by atoms with Gasteiger partial charge in [0, 0.05) is 24.2 Å². The van der Waals surface area contributed by atoms with E-state index in [1.54, 1.807) is 0 Å². The molecule has 0 bridgehead atoms. The van der Waals surface area contributed by atoms with Crippen LogP contribution in [0.3, 0.4) is 0 Å². The van der Waals surface area contributed by atoms with Gasteiger partial charge in [-0.15, -0.1) is 0 Å². The summed E-state index contributed by atoms with van der Waals surface area (Å²) in [4.78, 5) is 0. The molecule has 0 saturated carbocycles. The molecule has 122 valence electrons. The molecular weight excluding hydrogens is 371 g/mol. The molecule has 20 heavy (non-hydrogen) atoms. The summed E-state index contributed by atoms with van der Waals surface area (Å²) in [6.45, 7) is 17.5. The van der Waals surface area contributed by atoms with Gasteiger partial charge in [0.05, 0.1) is 0 Å². The van der Waals surface area contributed by atoms with Gasteiger partial charge in [-0.05, 0) is 55.4 Å². The molecule has 0 aliphatic heterocycles. The Morgan fingerprint density at radius 2 is 0.750 bits per heavy atom. The first-order chi connectivity index (χ1) is 7.20. The van der Waals surface area contributed by atoms with E-state index in [2.05, 4.69) is 64.7 Å². The Bertz CT molecular complexity index is 174. The Kier molecular flexibility index (Phi) is 26.4. The van der Waals surface area contributed by atoms with Crippen molar-refractivity contribution in [3.63, 3.8) is 0 Å². The van der Waals surface area contributed by atoms with Gasteiger partial charge in [-0.1, -0.05) is 8.37 Å². The number of rotatable bonds is 6. The van der Waals surface area contributed by atoms with Gasteiger partial charge in [0.15, 0.2) is 0 Å². The van der Waals surface area contributed by atoms with Gasteiger partial charge >= 0.3 is 21.7 Å². The van der Waals surface area contributed by atoms with Gasteiger partial charge in [0.25, 0.3) is 0 Å². The van der Waals surface area contributed by atoms with E-state index in [1.165, 1.54) is 0 Å². The summed E-state index contributed by atoms with van der Waals surface area (Å²) < 4.78 is 4.63. The summed E-state index contributed by atoms with van der Waals surface area (Å²) in [6, 6.07) is 1.74. The number of halogens is 3. The quantitative estimate of drug-likeness (QED) is 0.333. The van der Waals surface area contributed by atoms with Gasteiger partial charge in [0.2, 0.25) is 0 Å². The van der Waals surface area contributed by atoms with Gasteiger partial charge < -0.3 is 42.7 Å². The molecule has 0 aromatic heterocycles. The van der Waals surface area contributed by atoms with E-state index in [1.807, 2.05) is 0 Å². The molecule has 0 radical (unpaired) electrons. The van der Waals surface area contributed by atoms with E-state index in [4.69, 9.17) is 5.50 Å². The Labute approximate surface area is 161 Å². The van der Waals surface area contributed by atoms with Crippen LogP contribution in [-0.4, -0.2) is 33.5 Å². The van der Waals surface area contributed by atoms with Crippen molar-refractivity contribution in [2.24, 2.45) is 0 Å². The van der Waals surface area contributed by atoms with Crippen LogP contribution in [0.5, 0.6) is 0 Å². The molecule has 0 aromatic carbocycles. The molecule has 1 N–H and O–H groups in total. The van der Waals surface area contributed by atoms with Crippen LogP contribution in [0, 0.1) is 0 Å². The number of hydrogen-bond acceptors (Lipinski definition) is 2. The summed E-state index contributed by atoms with van der Waals surface area (Å²) >= 11 is 0. The average Bonchev–Trinajstić information content (AvgIpc) is 1.99. The standard InChI is InChI=1S/C12H29N3P.3ClH.Ti/c1-9(2)14(10(3)4)16(13)15(11(5)6)12(7)8;;;;/h9-13H,1-8H3;3*1H;/q-1;;;;+4/p-3. The maximum absolute atomic E-state index is 8.52. The van der Waals surface area contributed by atoms with Crippen LogP contribution in [0.4, 0.5) is 0 Å². The van der Waals surface area contributed by atoms with Crippen molar-refractivity contribution in [3.8, 4) is 0 Å². The number of hydrogen-bond donors (Lipinski definition) is 0. The van der Waals surface area contributed by atoms with Crippen molar-refractivity contribution in [2.45, 2.75) is 79.6 Å². The van der Waals surface area contributed by atoms with E-state index < -0.39 is 8.37 Å². The van der Waals surface area contributed by atoms with E-state index >= 15 is 0 Å². The van der Waals surface area contributed by atoms with Gasteiger partial charge in [-0.3, -0.25) is 9.34 Å². The Hall–Kier alpha value is 1.89. The zero-order valence-corrected chi connectivity index (χ0v) is 18.5. The first-order valence-corrected chi connectivity index (χ1v) is 7.52. The van der Waals surface area contributed by atoms with E-state index in [0.717, 1.165) is 0 Å². The SMILES string of the molecule is CC(C)N(C(C)C)P([NH-])N(C(C)C)C(C)C.[Cl-].[Cl-].[Cl-].[Ti+4]. The second kappa shape index (κ2) is 15.8. The first kappa shape index (κ1) is 33.5. The molecule has 0 saturated heterocycles. The zero-order chi connectivity index (χ0) is 13.0. The molecule has 0 aromatic rings. The molecule has 8 heteroatoms. The maximum atomic E-state index is 8.52. The Balaban J connectivity index is -0.000000187. The van der Waals surface area contributed by atoms with Crippen molar-refractivity contribution in [1.29, 1.82) is 0 Å². The van der Waals surface area contributed by atoms with E-state index in [-0.39, 0.29) is 58.9 Å². The summed E-state index contributed by atoms with van der Waals surface area (Å²) in [6.07, 6.45) is 0. The van der Waals surface area contributed by atoms with Crippen molar-refractivity contribution in [3.05, 3.63) is 5.50 Å². The molecule has 0 aliphatic rings. The minimum absolute atomic E-state index is 0. The Morgan fingerprint density at radius 1 is 0.600 bits per heavy atom. The van der Waals surface area contributed by atoms with Gasteiger partial charge in [-0.2, -0.15) is 0 Å². The molecule has 0 rings (SSSR count). The van der Waals surface area contributed by atoms with E-state index in [0.29, 0.717) is 24.2 Å². The topological polar surface area (TPSA) is 30.3 Å². The fraction of sp³-hybridized carbons (Fsp3) is 1.00. The molecule has 0 heterocycles. The normalized spacial score (nSPS) is 10.8. The third kappa shape index (κ3) is 10.6. The van der Waals surface area contributed by atoms with Crippen molar-refractivity contribution in [2.75, 3.05) is 0 Å². The molecular formula is C12H29Cl3N3PTi. The van der Waals surface area contributed by atoms with Gasteiger partial charge in [0.1, 0.15) is 0 Å². The predicted octanol–water partition coefficient (Wildman–Crippen LogP) is -4.49. The summed E-state index contributed by atoms with van der Waals surface area (Å²) in [7, 11) is -0.949. The number of nitrogens with zero attached hydrogens (tertiary/aromatic N) is 2. The van der Waals surface area contributed by atoms with Crippen LogP contribution in [0.25, 0.3) is 5.50 Å². The van der Waals surface area contributed by atoms with Crippen molar-refractivity contribution >= 4 is 8.37 Å². The van der Waals surface area contributed by atoms with Crippen LogP contribution in [0.1, 0.15) is 55.4 Å². The molecule has 0 fully saturated rings. The van der Waals surface area contributed by atoms with Crippen molar-refractivity contribution < 1.29 is 58.9 Å². The van der Waals surface area contributed by atoms with Crippen LogP contribution in [-0.2, 0) is 21.7 Å². The minimum Gasteiger partial charge on any atom is -1.00 e. The smallest absolute Gasteiger partial charge is 1.00 e. The molecule has 0 aliphatic carbocycles. The Morgan fingerprint density at radius 3 is 0.850 bits per heavy atom. The summed E-state index contributed by atoms with van der Waals surface area (Å²) in [5.41, 5.74) is 8.52. The molecule has 3 nitrogen and oxygen atoms in total. The molecule has 0 unspecified atom stereocenters. The average molecular weight is 401 g/mol. The monoisotopic (exact) mass is 399 g/mol. The number of nitrogens with one attached hydrogen (secondary N) is 1. The predicted molar refractivity (Wildman–Crippen MR) is 75.5 cm³/mol. The van der Waals surface area contributed by atoms with Crippen LogP contribution >= 0.6 is 8.37 Å². The van der Waals surface area contributed by atoms with Crippen LogP contribution in [0.2, 0.25) is 0 Å². The first-order valence-electron chi connectivity index (χ1n) is 6.28. The fourth-order valence-corrected chi connectivity index (χ4v) is 4.18. The second-order valence-corrected chi connectivity index (χ2v) is 6.93. The maximum Gasteiger partial charge on any atom is 4.00 e. The largest absolute Gasteiger partial charge is 4.00 e. The summed E-state index contributed by atoms with van der Waals surface area (Å²) in [5, 5.41) is 0. The van der Waals surface area contributed by atoms with Gasteiger partial charge in [-0.25, -0.2) is 0 Å². The molecule has 0 atom stereocenters. The third-order valence-corrected chi connectivity index (χ3v) is 5.28. The third-order valence-electron chi connectivity index (χ3n) is 2.55. The van der Waals surface area contributed by atoms with Crippen molar-refractivity contribution in [1.82, 2.24) is 9.34 Å². The van der Waals surface area contributed by atoms with E-state index in [9.17, 15) is 0 Å². The second-order valence-electron chi connectivity index (χ2n) is 5.42. The van der Waals surface area contributed by atoms with Crippen LogP contribution < -0.4 is 37.2 Å². The summed E-state index contributed by atoms with van der Waals surface area (Å²) in [5.74, 6) is 0. The van der Waals surface area contributed by atoms with Crippen LogP contribution in [0.15, 0.2) is 0 Å². The minimum atomic E-state index is -0.949. The fourth-order valence-electron chi connectivity index (χ4n) is 2.19. The molecule has 0 amide bonds.